The average Bonchev–Trinajstić information content (AvgIpc) is 0.740. The van der Waals surface area contributed by atoms with Gasteiger partial charge in [0, 0.05) is 133 Å². The molecule has 0 radical (unpaired) electrons. The van der Waals surface area contributed by atoms with Crippen LogP contribution < -0.4 is 0 Å². The lowest BCUT2D eigenvalue weighted by Crippen LogP contribution is -2.00. The van der Waals surface area contributed by atoms with Gasteiger partial charge in [-0.1, -0.05) is 400 Å². The van der Waals surface area contributed by atoms with Crippen molar-refractivity contribution < 1.29 is 0 Å². The Labute approximate surface area is 780 Å². The Morgan fingerprint density at radius 1 is 0.125 bits per heavy atom. The van der Waals surface area contributed by atoms with Gasteiger partial charge in [-0.05, 0) is 69.9 Å². The molecule has 15 nitrogen and oxygen atoms in total. The van der Waals surface area contributed by atoms with Gasteiger partial charge in [-0.15, -0.1) is 0 Å². The van der Waals surface area contributed by atoms with E-state index in [0.717, 1.165) is 204 Å². The minimum Gasteiger partial charge on any atom is -0.254 e. The fourth-order valence-electron chi connectivity index (χ4n) is 18.3. The maximum atomic E-state index is 5.18. The summed E-state index contributed by atoms with van der Waals surface area (Å²) in [5.74, 6) is 5.76. The van der Waals surface area contributed by atoms with Gasteiger partial charge < -0.3 is 0 Å². The number of pyridine rings is 6. The Hall–Kier alpha value is -18.7. The van der Waals surface area contributed by atoms with Crippen molar-refractivity contribution in [3.63, 3.8) is 0 Å². The van der Waals surface area contributed by atoms with Gasteiger partial charge in [-0.2, -0.15) is 0 Å². The topological polar surface area (TPSA) is 193 Å². The number of aromatic nitrogens is 15. The Morgan fingerprint density at radius 2 is 0.382 bits per heavy atom. The number of benzene rings is 17. The van der Waals surface area contributed by atoms with Crippen molar-refractivity contribution in [2.45, 2.75) is 0 Å². The standard InChI is InChI=1S/C43H27N5.C41H25N5.C37H23N5/c1-4-12-28(13-5-1)36-27-25-30-24-26-35-38(34-18-10-11-19-37(34)45-40(35)39(30)44-36)29-20-22-33(23-21-29)43-47-41(31-14-6-2-7-15-31)46-42(48-43)32-16-8-3-9-17-32;1-3-12-27(13-4-1)39-44-40(28-14-5-2-6-15-28)46-41(45-39)32-24-23-31(29-17-7-8-18-30(29)32)36-33-19-9-10-20-35(33)43-38-34(36)22-21-26-16-11-25-42-37(26)38;1-3-10-26(11-4-1)35-40-36(27-12-5-2-6-13-27)42-37(41-35)28-19-17-24(18-20-28)32-29-15-7-8-16-31(29)39-34-30(32)22-21-25-14-9-23-38-33(25)34/h1-27H;1-25H;1-23H. The van der Waals surface area contributed by atoms with Crippen LogP contribution in [0.15, 0.2) is 455 Å². The number of rotatable bonds is 13. The van der Waals surface area contributed by atoms with Crippen molar-refractivity contribution in [1.82, 2.24) is 74.8 Å². The molecule has 634 valence electrons. The van der Waals surface area contributed by atoms with Crippen LogP contribution >= 0.6 is 0 Å². The van der Waals surface area contributed by atoms with Crippen LogP contribution in [0.2, 0.25) is 0 Å². The maximum absolute atomic E-state index is 5.18. The van der Waals surface area contributed by atoms with Crippen molar-refractivity contribution in [2.75, 3.05) is 0 Å². The number of nitrogens with zero attached hydrogens (tertiary/aromatic N) is 15. The van der Waals surface area contributed by atoms with Gasteiger partial charge in [0.25, 0.3) is 0 Å². The lowest BCUT2D eigenvalue weighted by Gasteiger charge is -2.16. The van der Waals surface area contributed by atoms with Gasteiger partial charge in [-0.25, -0.2) is 64.8 Å². The predicted octanol–water partition coefficient (Wildman–Crippen LogP) is 29.2. The minimum atomic E-state index is 0.627. The molecule has 0 atom stereocenters. The fourth-order valence-corrected chi connectivity index (χ4v) is 18.3. The number of fused-ring (bicyclic) bond motifs is 13. The molecule has 26 aromatic rings. The second-order valence-electron chi connectivity index (χ2n) is 33.2. The largest absolute Gasteiger partial charge is 0.254 e. The zero-order chi connectivity index (χ0) is 90.2. The molecule has 0 amide bonds. The van der Waals surface area contributed by atoms with E-state index in [9.17, 15) is 0 Å². The van der Waals surface area contributed by atoms with Gasteiger partial charge in [0.15, 0.2) is 52.4 Å². The van der Waals surface area contributed by atoms with E-state index in [-0.39, 0.29) is 0 Å². The molecular formula is C121H75N15. The third-order valence-electron chi connectivity index (χ3n) is 24.8. The lowest BCUT2D eigenvalue weighted by atomic mass is 9.90. The first kappa shape index (κ1) is 80.6. The molecule has 0 aliphatic carbocycles. The van der Waals surface area contributed by atoms with Crippen LogP contribution in [-0.4, -0.2) is 74.8 Å². The van der Waals surface area contributed by atoms with Crippen molar-refractivity contribution in [3.05, 3.63) is 455 Å². The molecule has 0 bridgehead atoms. The Bertz CT molecular complexity index is 8900. The molecule has 0 saturated carbocycles. The Balaban J connectivity index is 0.000000112. The highest BCUT2D eigenvalue weighted by Crippen LogP contribution is 2.46. The summed E-state index contributed by atoms with van der Waals surface area (Å²) in [4.78, 5) is 74.2. The lowest BCUT2D eigenvalue weighted by molar-refractivity contribution is 1.07. The molecule has 0 aliphatic rings. The summed E-state index contributed by atoms with van der Waals surface area (Å²) in [6.45, 7) is 0. The van der Waals surface area contributed by atoms with Gasteiger partial charge in [0.05, 0.1) is 55.3 Å². The fraction of sp³-hybridized carbons (Fsp3) is 0. The van der Waals surface area contributed by atoms with Crippen molar-refractivity contribution in [3.8, 4) is 147 Å². The Kier molecular flexibility index (Phi) is 20.9. The molecule has 9 aromatic heterocycles. The van der Waals surface area contributed by atoms with E-state index in [2.05, 4.69) is 217 Å². The quantitative estimate of drug-likeness (QED) is 0.0781. The summed E-state index contributed by atoms with van der Waals surface area (Å²) >= 11 is 0. The molecule has 26 rings (SSSR count). The van der Waals surface area contributed by atoms with Crippen molar-refractivity contribution in [1.29, 1.82) is 0 Å². The van der Waals surface area contributed by atoms with Gasteiger partial charge in [-0.3, -0.25) is 9.97 Å². The highest BCUT2D eigenvalue weighted by Gasteiger charge is 2.24. The first-order valence-corrected chi connectivity index (χ1v) is 45.1. The Morgan fingerprint density at radius 3 is 0.743 bits per heavy atom. The van der Waals surface area contributed by atoms with Crippen LogP contribution in [0.4, 0.5) is 0 Å². The molecule has 136 heavy (non-hydrogen) atoms. The van der Waals surface area contributed by atoms with E-state index >= 15 is 0 Å². The van der Waals surface area contributed by atoms with E-state index in [1.165, 1.54) is 0 Å². The monoisotopic (exact) mass is 1740 g/mol. The van der Waals surface area contributed by atoms with E-state index in [4.69, 9.17) is 69.8 Å². The molecule has 17 aromatic carbocycles. The highest BCUT2D eigenvalue weighted by atomic mass is 15.1. The third kappa shape index (κ3) is 15.4. The van der Waals surface area contributed by atoms with Gasteiger partial charge in [0.1, 0.15) is 0 Å². The normalized spacial score (nSPS) is 11.4. The summed E-state index contributed by atoms with van der Waals surface area (Å²) in [5.41, 5.74) is 25.4. The zero-order valence-electron chi connectivity index (χ0n) is 73.0. The molecule has 0 N–H and O–H groups in total. The van der Waals surface area contributed by atoms with Gasteiger partial charge in [0.2, 0.25) is 0 Å². The van der Waals surface area contributed by atoms with Crippen LogP contribution in [0.5, 0.6) is 0 Å². The molecular weight excluding hydrogens is 1660 g/mol. The third-order valence-corrected chi connectivity index (χ3v) is 24.8. The van der Waals surface area contributed by atoms with Crippen molar-refractivity contribution >= 4 is 109 Å². The predicted molar refractivity (Wildman–Crippen MR) is 552 cm³/mol. The summed E-state index contributed by atoms with van der Waals surface area (Å²) in [5, 5.41) is 11.9. The summed E-state index contributed by atoms with van der Waals surface area (Å²) in [6.07, 6.45) is 3.67. The van der Waals surface area contributed by atoms with Crippen LogP contribution in [0, 0.1) is 0 Å². The number of para-hydroxylation sites is 3. The minimum absolute atomic E-state index is 0.627. The van der Waals surface area contributed by atoms with E-state index in [0.29, 0.717) is 52.4 Å². The summed E-state index contributed by atoms with van der Waals surface area (Å²) < 4.78 is 0. The van der Waals surface area contributed by atoms with Crippen molar-refractivity contribution in [2.24, 2.45) is 0 Å². The molecule has 0 saturated heterocycles. The average molecular weight is 1740 g/mol. The van der Waals surface area contributed by atoms with Crippen LogP contribution in [0.1, 0.15) is 0 Å². The van der Waals surface area contributed by atoms with E-state index in [1.54, 1.807) is 0 Å². The number of hydrogen-bond acceptors (Lipinski definition) is 15. The second kappa shape index (κ2) is 35.3. The van der Waals surface area contributed by atoms with Gasteiger partial charge >= 0.3 is 0 Å². The zero-order valence-corrected chi connectivity index (χ0v) is 73.0. The maximum Gasteiger partial charge on any atom is 0.164 e. The van der Waals surface area contributed by atoms with Crippen LogP contribution in [0.25, 0.3) is 256 Å². The van der Waals surface area contributed by atoms with Crippen LogP contribution in [-0.2, 0) is 0 Å². The number of hydrogen-bond donors (Lipinski definition) is 0. The first-order chi connectivity index (χ1) is 67.4. The molecule has 9 heterocycles. The summed E-state index contributed by atoms with van der Waals surface area (Å²) in [6, 6.07) is 151. The van der Waals surface area contributed by atoms with Crippen LogP contribution in [0.3, 0.4) is 0 Å². The molecule has 0 unspecified atom stereocenters. The highest BCUT2D eigenvalue weighted by molar-refractivity contribution is 6.21. The first-order valence-electron chi connectivity index (χ1n) is 45.1. The molecule has 0 aliphatic heterocycles. The smallest absolute Gasteiger partial charge is 0.164 e. The summed E-state index contributed by atoms with van der Waals surface area (Å²) in [7, 11) is 0. The molecule has 0 spiro atoms. The van der Waals surface area contributed by atoms with E-state index < -0.39 is 0 Å². The molecule has 0 fully saturated rings. The van der Waals surface area contributed by atoms with E-state index in [1.807, 2.05) is 243 Å². The molecule has 15 heteroatoms. The second-order valence-corrected chi connectivity index (χ2v) is 33.2. The SMILES string of the molecule is c1ccc(-c2ccc3ccc4c(-c5ccc(-c6nc(-c7ccccc7)nc(-c7ccccc7)n6)cc5)c5ccccc5nc4c3n2)cc1.c1ccc(-c2nc(-c3ccccc3)nc(-c3ccc(-c4c5ccccc5nc5c4ccc4cccnc45)c4ccccc34)n2)cc1.c1ccc(-c2nc(-c3ccccc3)nc(-c3ccc(-c4c5ccccc5nc5c4ccc4cccnc45)cc3)n2)cc1.